The van der Waals surface area contributed by atoms with Crippen molar-refractivity contribution in [3.8, 4) is 0 Å². The van der Waals surface area contributed by atoms with Crippen molar-refractivity contribution in [2.75, 3.05) is 32.0 Å². The Morgan fingerprint density at radius 2 is 1.33 bits per heavy atom. The maximum atomic E-state index is 12.3. The molecule has 2 aromatic heterocycles. The summed E-state index contributed by atoms with van der Waals surface area (Å²) in [7, 11) is 0. The van der Waals surface area contributed by atoms with Gasteiger partial charge in [0.05, 0.1) is 6.33 Å². The van der Waals surface area contributed by atoms with Gasteiger partial charge in [-0.1, -0.05) is 60.7 Å². The van der Waals surface area contributed by atoms with Gasteiger partial charge >= 0.3 is 24.1 Å². The number of nitrogens with zero attached hydrogens (tertiary/aromatic N) is 3. The number of anilines is 1. The molecule has 46 heavy (non-hydrogen) atoms. The zero-order chi connectivity index (χ0) is 32.7. The fourth-order valence-electron chi connectivity index (χ4n) is 3.71. The number of ether oxygens (including phenoxy) is 5. The summed E-state index contributed by atoms with van der Waals surface area (Å²) >= 11 is 0. The van der Waals surface area contributed by atoms with Crippen LogP contribution in [0.5, 0.6) is 0 Å². The molecule has 17 heteroatoms. The smallest absolute Gasteiger partial charge is 0.407 e. The third-order valence-electron chi connectivity index (χ3n) is 5.98. The van der Waals surface area contributed by atoms with Crippen LogP contribution in [0.25, 0.3) is 11.2 Å². The van der Waals surface area contributed by atoms with Gasteiger partial charge in [-0.2, -0.15) is 4.98 Å². The van der Waals surface area contributed by atoms with Crippen LogP contribution in [0.3, 0.4) is 0 Å². The molecule has 0 bridgehead atoms. The van der Waals surface area contributed by atoms with Crippen LogP contribution in [-0.2, 0) is 53.2 Å². The van der Waals surface area contributed by atoms with Crippen LogP contribution in [0, 0.1) is 0 Å². The first-order valence-corrected chi connectivity index (χ1v) is 13.8. The second kappa shape index (κ2) is 16.8. The number of H-pyrrole nitrogens is 1. The van der Waals surface area contributed by atoms with E-state index in [0.717, 1.165) is 11.1 Å². The predicted molar refractivity (Wildman–Crippen MR) is 159 cm³/mol. The highest BCUT2D eigenvalue weighted by Gasteiger charge is 2.19. The first kappa shape index (κ1) is 32.9. The number of nitrogen functional groups attached to an aromatic ring is 1. The van der Waals surface area contributed by atoms with Gasteiger partial charge in [-0.15, -0.1) is 0 Å². The minimum atomic E-state index is -1.03. The highest BCUT2D eigenvalue weighted by Crippen LogP contribution is 2.08. The zero-order valence-corrected chi connectivity index (χ0v) is 24.4. The van der Waals surface area contributed by atoms with Crippen molar-refractivity contribution in [3.63, 3.8) is 0 Å². The number of esters is 2. The molecule has 242 valence electrons. The van der Waals surface area contributed by atoms with Crippen molar-refractivity contribution in [1.29, 1.82) is 0 Å². The number of aromatic nitrogens is 4. The number of imidazole rings is 1. The van der Waals surface area contributed by atoms with E-state index in [9.17, 15) is 24.0 Å². The Kier molecular flexibility index (Phi) is 12.0. The number of nitrogens with two attached hydrogens (primary N) is 1. The number of alkyl carbamates (subject to hydrolysis) is 2. The van der Waals surface area contributed by atoms with Crippen molar-refractivity contribution in [2.45, 2.75) is 26.0 Å². The molecular weight excluding hydrogens is 606 g/mol. The van der Waals surface area contributed by atoms with E-state index in [1.165, 1.54) is 10.9 Å². The molecule has 5 N–H and O–H groups in total. The number of aromatic amines is 1. The molecule has 0 aliphatic rings. The maximum absolute atomic E-state index is 12.3. The fraction of sp³-hybridized carbons (Fsp3) is 0.276. The van der Waals surface area contributed by atoms with Crippen LogP contribution in [0.1, 0.15) is 11.1 Å². The number of fused-ring (bicyclic) bond motifs is 1. The summed E-state index contributed by atoms with van der Waals surface area (Å²) < 4.78 is 27.6. The van der Waals surface area contributed by atoms with Gasteiger partial charge in [0, 0.05) is 0 Å². The quantitative estimate of drug-likeness (QED) is 0.105. The molecule has 0 saturated heterocycles. The molecule has 2 heterocycles. The number of hydrogen-bond donors (Lipinski definition) is 4. The van der Waals surface area contributed by atoms with Gasteiger partial charge in [-0.3, -0.25) is 23.9 Å². The SMILES string of the molecule is Nc1nc2c(ncn2COC(COC(=O)CNC(=O)OCc2ccccc2)COC(=O)CNC(=O)OCc2ccccc2)c(=O)[nH]1. The Balaban J connectivity index is 1.26. The van der Waals surface area contributed by atoms with Gasteiger partial charge in [0.15, 0.2) is 11.2 Å². The Morgan fingerprint density at radius 1 is 0.804 bits per heavy atom. The molecule has 0 unspecified atom stereocenters. The van der Waals surface area contributed by atoms with E-state index in [2.05, 4.69) is 25.6 Å². The van der Waals surface area contributed by atoms with E-state index in [-0.39, 0.29) is 37.1 Å². The van der Waals surface area contributed by atoms with Gasteiger partial charge in [0.1, 0.15) is 52.4 Å². The standard InChI is InChI=1S/C29H31N7O10/c30-27-34-25-24(26(39)35-27)33-17-36(25)18-46-21(15-42-22(37)11-31-28(40)44-13-19-7-3-1-4-8-19)16-43-23(38)12-32-29(41)45-14-20-9-5-2-6-10-20/h1-10,17,21H,11-16,18H2,(H,31,40)(H,32,41)(H3,30,34,35,39). The Hall–Kier alpha value is -5.97. The Morgan fingerprint density at radius 3 is 1.85 bits per heavy atom. The van der Waals surface area contributed by atoms with E-state index in [4.69, 9.17) is 29.4 Å². The normalized spacial score (nSPS) is 10.7. The lowest BCUT2D eigenvalue weighted by Gasteiger charge is -2.18. The number of benzene rings is 2. The summed E-state index contributed by atoms with van der Waals surface area (Å²) in [5, 5.41) is 4.56. The summed E-state index contributed by atoms with van der Waals surface area (Å²) in [5.74, 6) is -1.79. The fourth-order valence-corrected chi connectivity index (χ4v) is 3.71. The average Bonchev–Trinajstić information content (AvgIpc) is 3.47. The van der Waals surface area contributed by atoms with Gasteiger partial charge in [-0.25, -0.2) is 14.6 Å². The molecule has 2 amide bonds. The second-order valence-corrected chi connectivity index (χ2v) is 9.45. The molecule has 17 nitrogen and oxygen atoms in total. The van der Waals surface area contributed by atoms with Crippen LogP contribution in [0.15, 0.2) is 71.8 Å². The average molecular weight is 638 g/mol. The van der Waals surface area contributed by atoms with Crippen molar-refractivity contribution in [1.82, 2.24) is 30.2 Å². The van der Waals surface area contributed by atoms with Crippen LogP contribution in [-0.4, -0.2) is 76.1 Å². The highest BCUT2D eigenvalue weighted by molar-refractivity contribution is 5.78. The molecule has 0 spiro atoms. The largest absolute Gasteiger partial charge is 0.461 e. The topological polar surface area (TPSA) is 228 Å². The van der Waals surface area contributed by atoms with E-state index in [0.29, 0.717) is 0 Å². The second-order valence-electron chi connectivity index (χ2n) is 9.45. The number of hydrogen-bond acceptors (Lipinski definition) is 13. The van der Waals surface area contributed by atoms with E-state index in [1.807, 2.05) is 12.1 Å². The van der Waals surface area contributed by atoms with E-state index < -0.39 is 62.1 Å². The third kappa shape index (κ3) is 10.6. The van der Waals surface area contributed by atoms with Gasteiger partial charge < -0.3 is 40.1 Å². The molecule has 0 radical (unpaired) electrons. The molecular formula is C29H31N7O10. The number of amides is 2. The molecule has 2 aromatic carbocycles. The van der Waals surface area contributed by atoms with Gasteiger partial charge in [-0.05, 0) is 11.1 Å². The van der Waals surface area contributed by atoms with Crippen molar-refractivity contribution in [2.24, 2.45) is 0 Å². The first-order chi connectivity index (χ1) is 22.3. The first-order valence-electron chi connectivity index (χ1n) is 13.8. The van der Waals surface area contributed by atoms with Crippen LogP contribution in [0.4, 0.5) is 15.5 Å². The molecule has 0 aliphatic heterocycles. The summed E-state index contributed by atoms with van der Waals surface area (Å²) in [6.07, 6.45) is -1.39. The Labute approximate surface area is 260 Å². The molecule has 0 atom stereocenters. The van der Waals surface area contributed by atoms with Crippen molar-refractivity contribution >= 4 is 41.2 Å². The van der Waals surface area contributed by atoms with Crippen molar-refractivity contribution in [3.05, 3.63) is 88.5 Å². The lowest BCUT2D eigenvalue weighted by Crippen LogP contribution is -2.36. The lowest BCUT2D eigenvalue weighted by molar-refractivity contribution is -0.156. The minimum Gasteiger partial charge on any atom is -0.461 e. The van der Waals surface area contributed by atoms with Crippen LogP contribution in [0.2, 0.25) is 0 Å². The van der Waals surface area contributed by atoms with Gasteiger partial charge in [0.2, 0.25) is 5.95 Å². The molecule has 0 saturated carbocycles. The van der Waals surface area contributed by atoms with E-state index >= 15 is 0 Å². The summed E-state index contributed by atoms with van der Waals surface area (Å²) in [4.78, 5) is 70.9. The number of rotatable bonds is 15. The minimum absolute atomic E-state index is 0.0118. The number of nitrogens with one attached hydrogen (secondary N) is 3. The summed E-state index contributed by atoms with van der Waals surface area (Å²) in [6, 6.07) is 17.9. The summed E-state index contributed by atoms with van der Waals surface area (Å²) in [6.45, 7) is -2.04. The lowest BCUT2D eigenvalue weighted by atomic mass is 10.2. The van der Waals surface area contributed by atoms with E-state index in [1.54, 1.807) is 48.5 Å². The molecule has 4 aromatic rings. The Bertz CT molecular complexity index is 1600. The predicted octanol–water partition coefficient (Wildman–Crippen LogP) is 0.984. The zero-order valence-electron chi connectivity index (χ0n) is 24.4. The molecule has 0 fully saturated rings. The van der Waals surface area contributed by atoms with Crippen LogP contribution >= 0.6 is 0 Å². The number of carbonyl (C=O) groups is 4. The van der Waals surface area contributed by atoms with Crippen molar-refractivity contribution < 1.29 is 42.9 Å². The van der Waals surface area contributed by atoms with Gasteiger partial charge in [0.25, 0.3) is 5.56 Å². The maximum Gasteiger partial charge on any atom is 0.407 e. The molecule has 0 aliphatic carbocycles. The third-order valence-corrected chi connectivity index (χ3v) is 5.98. The highest BCUT2D eigenvalue weighted by atomic mass is 16.6. The number of carbonyl (C=O) groups excluding carboxylic acids is 4. The van der Waals surface area contributed by atoms with Crippen LogP contribution < -0.4 is 21.9 Å². The molecule has 4 rings (SSSR count). The summed E-state index contributed by atoms with van der Waals surface area (Å²) in [5.41, 5.74) is 6.75. The monoisotopic (exact) mass is 637 g/mol.